The van der Waals surface area contributed by atoms with Gasteiger partial charge in [-0.05, 0) is 38.9 Å². The maximum Gasteiger partial charge on any atom is 0.134 e. The first-order chi connectivity index (χ1) is 8.74. The monoisotopic (exact) mass is 266 g/mol. The fraction of sp³-hybridized carbons (Fsp3) is 0.692. The van der Waals surface area contributed by atoms with Gasteiger partial charge in [-0.2, -0.15) is 11.8 Å². The van der Waals surface area contributed by atoms with E-state index < -0.39 is 0 Å². The molecule has 0 bridgehead atoms. The smallest absolute Gasteiger partial charge is 0.134 e. The molecular weight excluding hydrogens is 244 g/mol. The first-order valence-electron chi connectivity index (χ1n) is 6.53. The van der Waals surface area contributed by atoms with Crippen LogP contribution in [-0.2, 0) is 0 Å². The van der Waals surface area contributed by atoms with Crippen molar-refractivity contribution >= 4 is 23.4 Å². The van der Waals surface area contributed by atoms with Gasteiger partial charge in [-0.1, -0.05) is 0 Å². The minimum Gasteiger partial charge on any atom is -0.373 e. The van der Waals surface area contributed by atoms with Crippen LogP contribution in [-0.4, -0.2) is 34.6 Å². The summed E-state index contributed by atoms with van der Waals surface area (Å²) in [5.41, 5.74) is 1.10. The van der Waals surface area contributed by atoms with Crippen molar-refractivity contribution in [1.29, 1.82) is 0 Å². The summed E-state index contributed by atoms with van der Waals surface area (Å²) in [6.45, 7) is 2.06. The van der Waals surface area contributed by atoms with Crippen LogP contribution < -0.4 is 10.6 Å². The number of aromatic nitrogens is 2. The topological polar surface area (TPSA) is 49.8 Å². The molecule has 0 aromatic carbocycles. The summed E-state index contributed by atoms with van der Waals surface area (Å²) in [4.78, 5) is 8.56. The van der Waals surface area contributed by atoms with E-state index in [4.69, 9.17) is 0 Å². The number of hydrogen-bond donors (Lipinski definition) is 2. The largest absolute Gasteiger partial charge is 0.373 e. The van der Waals surface area contributed by atoms with Crippen LogP contribution in [0.25, 0.3) is 0 Å². The number of rotatable bonds is 4. The third-order valence-electron chi connectivity index (χ3n) is 3.67. The Labute approximate surface area is 113 Å². The van der Waals surface area contributed by atoms with Crippen LogP contribution in [0.15, 0.2) is 6.33 Å². The SMILES string of the molecule is CNc1ncnc(NC2CCC(SC)CC2)c1C. The van der Waals surface area contributed by atoms with Gasteiger partial charge in [0.05, 0.1) is 0 Å². The average molecular weight is 266 g/mol. The molecule has 5 heteroatoms. The first-order valence-corrected chi connectivity index (χ1v) is 7.82. The molecule has 1 aromatic heterocycles. The fourth-order valence-electron chi connectivity index (χ4n) is 2.48. The molecule has 1 aromatic rings. The van der Waals surface area contributed by atoms with Crippen LogP contribution in [0.4, 0.5) is 11.6 Å². The van der Waals surface area contributed by atoms with Gasteiger partial charge in [0.1, 0.15) is 18.0 Å². The minimum absolute atomic E-state index is 0.562. The van der Waals surface area contributed by atoms with Crippen molar-refractivity contribution in [2.45, 2.75) is 43.9 Å². The van der Waals surface area contributed by atoms with Gasteiger partial charge in [-0.25, -0.2) is 9.97 Å². The number of thioether (sulfide) groups is 1. The Morgan fingerprint density at radius 1 is 1.17 bits per heavy atom. The normalized spacial score (nSPS) is 23.7. The first kappa shape index (κ1) is 13.5. The lowest BCUT2D eigenvalue weighted by atomic mass is 9.95. The molecule has 1 heterocycles. The molecule has 2 N–H and O–H groups in total. The van der Waals surface area contributed by atoms with Gasteiger partial charge in [-0.3, -0.25) is 0 Å². The Hall–Kier alpha value is -0.970. The van der Waals surface area contributed by atoms with Gasteiger partial charge in [0.2, 0.25) is 0 Å². The zero-order valence-corrected chi connectivity index (χ0v) is 12.2. The summed E-state index contributed by atoms with van der Waals surface area (Å²) >= 11 is 2.00. The number of nitrogens with zero attached hydrogens (tertiary/aromatic N) is 2. The summed E-state index contributed by atoms with van der Waals surface area (Å²) in [6.07, 6.45) is 8.93. The molecule has 0 aliphatic heterocycles. The summed E-state index contributed by atoms with van der Waals surface area (Å²) in [6, 6.07) is 0.562. The zero-order chi connectivity index (χ0) is 13.0. The van der Waals surface area contributed by atoms with Crippen LogP contribution >= 0.6 is 11.8 Å². The standard InChI is InChI=1S/C13H22N4S/c1-9-12(14-2)15-8-16-13(9)17-10-4-6-11(18-3)7-5-10/h8,10-11H,4-7H2,1-3H3,(H2,14,15,16,17). The highest BCUT2D eigenvalue weighted by molar-refractivity contribution is 7.99. The molecular formula is C13H22N4S. The van der Waals surface area contributed by atoms with Crippen molar-refractivity contribution < 1.29 is 0 Å². The molecule has 0 atom stereocenters. The fourth-order valence-corrected chi connectivity index (χ4v) is 3.23. The van der Waals surface area contributed by atoms with E-state index in [1.54, 1.807) is 6.33 Å². The highest BCUT2D eigenvalue weighted by Crippen LogP contribution is 2.29. The van der Waals surface area contributed by atoms with E-state index in [-0.39, 0.29) is 0 Å². The van der Waals surface area contributed by atoms with Crippen LogP contribution in [0.2, 0.25) is 0 Å². The van der Waals surface area contributed by atoms with Gasteiger partial charge in [0.15, 0.2) is 0 Å². The molecule has 0 saturated heterocycles. The molecule has 1 saturated carbocycles. The Morgan fingerprint density at radius 3 is 2.44 bits per heavy atom. The van der Waals surface area contributed by atoms with Gasteiger partial charge in [0, 0.05) is 23.9 Å². The van der Waals surface area contributed by atoms with Crippen molar-refractivity contribution in [2.24, 2.45) is 0 Å². The molecule has 0 amide bonds. The molecule has 4 nitrogen and oxygen atoms in total. The van der Waals surface area contributed by atoms with E-state index in [0.717, 1.165) is 22.4 Å². The summed E-state index contributed by atoms with van der Waals surface area (Å²) in [7, 11) is 1.89. The molecule has 100 valence electrons. The predicted molar refractivity (Wildman–Crippen MR) is 79.5 cm³/mol. The van der Waals surface area contributed by atoms with Crippen LogP contribution in [0, 0.1) is 6.92 Å². The number of hydrogen-bond acceptors (Lipinski definition) is 5. The molecule has 1 aliphatic rings. The van der Waals surface area contributed by atoms with E-state index in [1.807, 2.05) is 18.8 Å². The highest BCUT2D eigenvalue weighted by Gasteiger charge is 2.21. The molecule has 1 aliphatic carbocycles. The molecule has 0 spiro atoms. The Kier molecular flexibility index (Phi) is 4.69. The Balaban J connectivity index is 1.98. The Bertz CT molecular complexity index is 389. The lowest BCUT2D eigenvalue weighted by molar-refractivity contribution is 0.472. The minimum atomic E-state index is 0.562. The van der Waals surface area contributed by atoms with E-state index >= 15 is 0 Å². The predicted octanol–water partition coefficient (Wildman–Crippen LogP) is 2.91. The second kappa shape index (κ2) is 6.27. The Morgan fingerprint density at radius 2 is 1.83 bits per heavy atom. The summed E-state index contributed by atoms with van der Waals surface area (Å²) in [5.74, 6) is 1.88. The molecule has 2 rings (SSSR count). The van der Waals surface area contributed by atoms with Gasteiger partial charge >= 0.3 is 0 Å². The second-order valence-electron chi connectivity index (χ2n) is 4.80. The van der Waals surface area contributed by atoms with E-state index in [0.29, 0.717) is 6.04 Å². The summed E-state index contributed by atoms with van der Waals surface area (Å²) < 4.78 is 0. The van der Waals surface area contributed by atoms with Gasteiger partial charge < -0.3 is 10.6 Å². The molecule has 1 fully saturated rings. The van der Waals surface area contributed by atoms with Crippen molar-refractivity contribution in [3.8, 4) is 0 Å². The lowest BCUT2D eigenvalue weighted by Crippen LogP contribution is -2.27. The highest BCUT2D eigenvalue weighted by atomic mass is 32.2. The van der Waals surface area contributed by atoms with Crippen molar-refractivity contribution in [3.05, 3.63) is 11.9 Å². The molecule has 18 heavy (non-hydrogen) atoms. The third-order valence-corrected chi connectivity index (χ3v) is 4.81. The molecule has 0 unspecified atom stereocenters. The average Bonchev–Trinajstić information content (AvgIpc) is 2.42. The lowest BCUT2D eigenvalue weighted by Gasteiger charge is -2.28. The van der Waals surface area contributed by atoms with Crippen molar-refractivity contribution in [3.63, 3.8) is 0 Å². The van der Waals surface area contributed by atoms with Gasteiger partial charge in [0.25, 0.3) is 0 Å². The quantitative estimate of drug-likeness (QED) is 0.877. The van der Waals surface area contributed by atoms with E-state index in [2.05, 4.69) is 33.8 Å². The zero-order valence-electron chi connectivity index (χ0n) is 11.4. The van der Waals surface area contributed by atoms with Crippen molar-refractivity contribution in [1.82, 2.24) is 9.97 Å². The van der Waals surface area contributed by atoms with Gasteiger partial charge in [-0.15, -0.1) is 0 Å². The van der Waals surface area contributed by atoms with Crippen LogP contribution in [0.1, 0.15) is 31.2 Å². The third kappa shape index (κ3) is 3.07. The van der Waals surface area contributed by atoms with E-state index in [9.17, 15) is 0 Å². The van der Waals surface area contributed by atoms with Crippen LogP contribution in [0.5, 0.6) is 0 Å². The number of nitrogens with one attached hydrogen (secondary N) is 2. The van der Waals surface area contributed by atoms with Crippen molar-refractivity contribution in [2.75, 3.05) is 23.9 Å². The second-order valence-corrected chi connectivity index (χ2v) is 5.94. The number of anilines is 2. The molecule has 0 radical (unpaired) electrons. The van der Waals surface area contributed by atoms with Crippen LogP contribution in [0.3, 0.4) is 0 Å². The van der Waals surface area contributed by atoms with E-state index in [1.165, 1.54) is 25.7 Å². The maximum atomic E-state index is 4.35. The maximum absolute atomic E-state index is 4.35. The summed E-state index contributed by atoms with van der Waals surface area (Å²) in [5, 5.41) is 7.51.